The van der Waals surface area contributed by atoms with Crippen molar-refractivity contribution in [3.63, 3.8) is 0 Å². The molecule has 3 aliphatic carbocycles. The Labute approximate surface area is 453 Å². The van der Waals surface area contributed by atoms with Gasteiger partial charge in [0.05, 0.1) is 36.2 Å². The van der Waals surface area contributed by atoms with Crippen molar-refractivity contribution in [3.8, 4) is 39.5 Å². The van der Waals surface area contributed by atoms with Crippen LogP contribution in [0.2, 0.25) is 19.6 Å². The van der Waals surface area contributed by atoms with Crippen LogP contribution in [0.5, 0.6) is 0 Å². The Morgan fingerprint density at radius 1 is 0.699 bits per heavy atom. The van der Waals surface area contributed by atoms with Gasteiger partial charge in [-0.05, 0) is 121 Å². The Morgan fingerprint density at radius 2 is 1.47 bits per heavy atom. The number of fused-ring (bicyclic) bond motifs is 9. The Balaban J connectivity index is 0.000000267. The van der Waals surface area contributed by atoms with Crippen molar-refractivity contribution in [3.05, 3.63) is 192 Å². The molecule has 2 bridgehead atoms. The molecule has 11 aromatic rings. The zero-order valence-electron chi connectivity index (χ0n) is 48.8. The van der Waals surface area contributed by atoms with E-state index >= 15 is 0 Å². The van der Waals surface area contributed by atoms with Crippen molar-refractivity contribution in [1.82, 2.24) is 14.5 Å². The minimum absolute atomic E-state index is 0. The second-order valence-corrected chi connectivity index (χ2v) is 28.1. The fourth-order valence-electron chi connectivity index (χ4n) is 11.7. The quantitative estimate of drug-likeness (QED) is 0.0980. The first kappa shape index (κ1) is 42.0. The molecule has 0 atom stereocenters. The zero-order chi connectivity index (χ0) is 54.9. The smallest absolute Gasteiger partial charge is 0.121 e. The van der Waals surface area contributed by atoms with Crippen molar-refractivity contribution >= 4 is 67.8 Å². The van der Waals surface area contributed by atoms with Gasteiger partial charge < -0.3 is 14.0 Å². The van der Waals surface area contributed by atoms with Crippen LogP contribution in [0.1, 0.15) is 96.3 Å². The van der Waals surface area contributed by atoms with E-state index in [2.05, 4.69) is 173 Å². The summed E-state index contributed by atoms with van der Waals surface area (Å²) in [7, 11) is -1.34. The molecule has 0 unspecified atom stereocenters. The molecule has 3 heterocycles. The summed E-state index contributed by atoms with van der Waals surface area (Å²) in [6.45, 7) is 14.1. The number of furan rings is 1. The van der Waals surface area contributed by atoms with E-state index in [-0.39, 0.29) is 41.9 Å². The monoisotopic (exact) mass is 1150 g/mol. The standard InChI is InChI=1S/C52H45N2O.C15H18NSi.Ir/c1-31-18-22-37(48-46(31)39-28-33-20-19-32-12-7-8-13-35(32)38(33)30-45(39)55-48)49-53-43-16-9-10-17-44(43)54(49)47-36(14-11-15-41(47)50(2,3)4)34-21-23-40-42(29-34)52(6)26-24-51(40,5)25-27-52;1-12-5-7-13(8-6-12)15-10-9-14(11-16-15)17(2,3)4;/h7-21,23,28-30H,24-27H2,1-6H3;5-7,9-11H,1-4H3;/q2*-1;/i2*1D3;. The number of hydrogen-bond acceptors (Lipinski definition) is 3. The summed E-state index contributed by atoms with van der Waals surface area (Å²) < 4.78 is 57.3. The van der Waals surface area contributed by atoms with Crippen LogP contribution in [0.3, 0.4) is 0 Å². The number of imidazole rings is 1. The zero-order valence-corrected chi connectivity index (χ0v) is 46.2. The molecule has 0 aliphatic heterocycles. The van der Waals surface area contributed by atoms with Gasteiger partial charge in [0.1, 0.15) is 5.58 Å². The van der Waals surface area contributed by atoms with Crippen LogP contribution in [-0.4, -0.2) is 22.6 Å². The molecule has 0 N–H and O–H groups in total. The molecule has 73 heavy (non-hydrogen) atoms. The minimum Gasteiger partial charge on any atom is -0.501 e. The van der Waals surface area contributed by atoms with Crippen LogP contribution >= 0.6 is 0 Å². The first-order valence-electron chi connectivity index (χ1n) is 28.4. The molecule has 0 spiro atoms. The third kappa shape index (κ3) is 8.31. The molecule has 367 valence electrons. The van der Waals surface area contributed by atoms with Gasteiger partial charge >= 0.3 is 0 Å². The number of benzene rings is 8. The van der Waals surface area contributed by atoms with E-state index < -0.39 is 21.8 Å². The predicted octanol–water partition coefficient (Wildman–Crippen LogP) is 17.5. The van der Waals surface area contributed by atoms with Gasteiger partial charge in [-0.3, -0.25) is 4.98 Å². The maximum atomic E-state index is 8.67. The van der Waals surface area contributed by atoms with Gasteiger partial charge in [-0.2, -0.15) is 0 Å². The van der Waals surface area contributed by atoms with Gasteiger partial charge in [0.2, 0.25) is 0 Å². The number of aromatic nitrogens is 3. The van der Waals surface area contributed by atoms with Crippen molar-refractivity contribution in [2.45, 2.75) is 110 Å². The summed E-state index contributed by atoms with van der Waals surface area (Å²) in [6, 6.07) is 56.0. The van der Waals surface area contributed by atoms with E-state index in [1.807, 2.05) is 30.5 Å². The SMILES string of the molecule is [2H]C([2H])([2H])c1c[c-]c(-c2ccc([Si](C)(C)C)cn2)cc1.[2H]C([2H])([2H])c1c[c-]c(-c2nc3ccccc3n2-c2c(-c3ccc4c(c3)C3(C)CCC4(C)CC3)cccc2C(C)(C)C)c2oc3cc4c(ccc5ccccc54)cc3c12.[Ir]. The summed E-state index contributed by atoms with van der Waals surface area (Å²) in [5.74, 6) is 0.659. The summed E-state index contributed by atoms with van der Waals surface area (Å²) in [4.78, 5) is 9.85. The number of nitrogens with zero attached hydrogens (tertiary/aromatic N) is 3. The number of hydrogen-bond donors (Lipinski definition) is 0. The molecule has 0 saturated heterocycles. The molecule has 6 heteroatoms. The van der Waals surface area contributed by atoms with Gasteiger partial charge in [0.25, 0.3) is 0 Å². The normalized spacial score (nSPS) is 19.1. The van der Waals surface area contributed by atoms with E-state index in [0.29, 0.717) is 33.5 Å². The largest absolute Gasteiger partial charge is 0.501 e. The van der Waals surface area contributed by atoms with E-state index in [0.717, 1.165) is 60.5 Å². The second kappa shape index (κ2) is 17.9. The molecule has 8 aromatic carbocycles. The van der Waals surface area contributed by atoms with Gasteiger partial charge in [-0.15, -0.1) is 53.1 Å². The van der Waals surface area contributed by atoms with Gasteiger partial charge in [0.15, 0.2) is 0 Å². The van der Waals surface area contributed by atoms with Crippen LogP contribution in [0.15, 0.2) is 156 Å². The van der Waals surface area contributed by atoms with Crippen molar-refractivity contribution in [2.24, 2.45) is 0 Å². The molecule has 1 saturated carbocycles. The van der Waals surface area contributed by atoms with E-state index in [9.17, 15) is 0 Å². The number of rotatable bonds is 5. The Hall–Kier alpha value is -6.43. The molecule has 4 nitrogen and oxygen atoms in total. The van der Waals surface area contributed by atoms with Crippen LogP contribution in [0.4, 0.5) is 0 Å². The summed E-state index contributed by atoms with van der Waals surface area (Å²) in [5.41, 5.74) is 13.4. The summed E-state index contributed by atoms with van der Waals surface area (Å²) in [5, 5.41) is 6.99. The van der Waals surface area contributed by atoms with Gasteiger partial charge in [0, 0.05) is 45.5 Å². The maximum Gasteiger partial charge on any atom is 0.121 e. The summed E-state index contributed by atoms with van der Waals surface area (Å²) in [6.07, 6.45) is 6.84. The fraction of sp³-hybridized carbons (Fsp3) is 0.254. The molecule has 1 fully saturated rings. The van der Waals surface area contributed by atoms with Crippen LogP contribution < -0.4 is 5.19 Å². The van der Waals surface area contributed by atoms with E-state index in [1.54, 1.807) is 18.2 Å². The predicted molar refractivity (Wildman–Crippen MR) is 306 cm³/mol. The molecular formula is C67H63IrN3OSi-2. The van der Waals surface area contributed by atoms with Crippen molar-refractivity contribution in [1.29, 1.82) is 0 Å². The molecule has 3 aromatic heterocycles. The van der Waals surface area contributed by atoms with E-state index in [1.165, 1.54) is 59.2 Å². The molecule has 14 rings (SSSR count). The average molecular weight is 1150 g/mol. The van der Waals surface area contributed by atoms with Crippen LogP contribution in [0.25, 0.3) is 94.0 Å². The van der Waals surface area contributed by atoms with E-state index in [4.69, 9.17) is 17.6 Å². The Bertz CT molecular complexity index is 4120. The maximum absolute atomic E-state index is 8.67. The number of para-hydroxylation sites is 3. The van der Waals surface area contributed by atoms with Gasteiger partial charge in [-0.1, -0.05) is 176 Å². The third-order valence-corrected chi connectivity index (χ3v) is 18.1. The first-order valence-corrected chi connectivity index (χ1v) is 28.9. The Kier molecular flexibility index (Phi) is 10.3. The molecule has 1 radical (unpaired) electrons. The van der Waals surface area contributed by atoms with Crippen molar-refractivity contribution < 1.29 is 32.7 Å². The molecular weight excluding hydrogens is 1080 g/mol. The number of pyridine rings is 1. The summed E-state index contributed by atoms with van der Waals surface area (Å²) >= 11 is 0. The first-order chi connectivity index (χ1) is 36.9. The average Bonchev–Trinajstić information content (AvgIpc) is 4.10. The third-order valence-electron chi connectivity index (χ3n) is 16.1. The van der Waals surface area contributed by atoms with Gasteiger partial charge in [-0.25, -0.2) is 0 Å². The number of aryl methyl sites for hydroxylation is 2. The van der Waals surface area contributed by atoms with Crippen LogP contribution in [0, 0.1) is 25.8 Å². The minimum atomic E-state index is -2.39. The van der Waals surface area contributed by atoms with Crippen molar-refractivity contribution in [2.75, 3.05) is 0 Å². The Morgan fingerprint density at radius 3 is 2.19 bits per heavy atom. The topological polar surface area (TPSA) is 43.9 Å². The molecule has 3 aliphatic rings. The fourth-order valence-corrected chi connectivity index (χ4v) is 12.8. The van der Waals surface area contributed by atoms with Crippen LogP contribution in [-0.2, 0) is 36.4 Å². The molecule has 0 amide bonds. The second-order valence-electron chi connectivity index (χ2n) is 23.0.